The number of hydrogen-bond acceptors (Lipinski definition) is 5. The number of hydrogen-bond donors (Lipinski definition) is 0. The van der Waals surface area contributed by atoms with Crippen LogP contribution in [0.15, 0.2) is 30.3 Å². The molecule has 0 unspecified atom stereocenters. The molecule has 0 radical (unpaired) electrons. The second-order valence-corrected chi connectivity index (χ2v) is 7.02. The molecule has 2 aliphatic rings. The molecule has 2 fully saturated rings. The molecule has 0 spiro atoms. The van der Waals surface area contributed by atoms with E-state index in [1.54, 1.807) is 0 Å². The molecule has 1 aliphatic carbocycles. The molecule has 128 valence electrons. The highest BCUT2D eigenvalue weighted by Crippen LogP contribution is 2.29. The molecule has 24 heavy (non-hydrogen) atoms. The molecule has 1 saturated heterocycles. The maximum atomic E-state index is 4.29. The summed E-state index contributed by atoms with van der Waals surface area (Å²) in [5.41, 5.74) is 1.40. The van der Waals surface area contributed by atoms with Crippen molar-refractivity contribution >= 4 is 0 Å². The maximum absolute atomic E-state index is 4.29. The van der Waals surface area contributed by atoms with Gasteiger partial charge in [-0.25, -0.2) is 4.68 Å². The second kappa shape index (κ2) is 7.40. The minimum atomic E-state index is 0.523. The van der Waals surface area contributed by atoms with Crippen molar-refractivity contribution in [2.24, 2.45) is 0 Å². The van der Waals surface area contributed by atoms with E-state index >= 15 is 0 Å². The van der Waals surface area contributed by atoms with E-state index in [-0.39, 0.29) is 0 Å². The van der Waals surface area contributed by atoms with E-state index in [9.17, 15) is 0 Å². The Morgan fingerprint density at radius 2 is 1.54 bits per heavy atom. The molecule has 4 rings (SSSR count). The molecule has 0 amide bonds. The zero-order chi connectivity index (χ0) is 16.2. The summed E-state index contributed by atoms with van der Waals surface area (Å²) in [6.07, 6.45) is 5.07. The van der Waals surface area contributed by atoms with Crippen LogP contribution in [0.4, 0.5) is 0 Å². The van der Waals surface area contributed by atoms with E-state index < -0.39 is 0 Å². The van der Waals surface area contributed by atoms with E-state index in [2.05, 4.69) is 60.3 Å². The summed E-state index contributed by atoms with van der Waals surface area (Å²) in [4.78, 5) is 5.02. The fraction of sp³-hybridized carbons (Fsp3) is 0.611. The zero-order valence-electron chi connectivity index (χ0n) is 14.2. The van der Waals surface area contributed by atoms with Crippen molar-refractivity contribution in [3.05, 3.63) is 41.7 Å². The van der Waals surface area contributed by atoms with E-state index in [0.717, 1.165) is 45.1 Å². The summed E-state index contributed by atoms with van der Waals surface area (Å²) in [7, 11) is 0. The van der Waals surface area contributed by atoms with Crippen LogP contribution in [0.2, 0.25) is 0 Å². The Labute approximate surface area is 143 Å². The van der Waals surface area contributed by atoms with Gasteiger partial charge < -0.3 is 0 Å². The summed E-state index contributed by atoms with van der Waals surface area (Å²) in [6, 6.07) is 11.3. The van der Waals surface area contributed by atoms with E-state index in [0.29, 0.717) is 6.04 Å². The first-order chi connectivity index (χ1) is 11.9. The first-order valence-corrected chi connectivity index (χ1v) is 9.14. The summed E-state index contributed by atoms with van der Waals surface area (Å²) < 4.78 is 2.09. The number of nitrogens with zero attached hydrogens (tertiary/aromatic N) is 6. The Morgan fingerprint density at radius 3 is 2.25 bits per heavy atom. The van der Waals surface area contributed by atoms with Gasteiger partial charge in [0.25, 0.3) is 0 Å². The fourth-order valence-electron chi connectivity index (χ4n) is 3.90. The Morgan fingerprint density at radius 1 is 0.875 bits per heavy atom. The van der Waals surface area contributed by atoms with Crippen molar-refractivity contribution < 1.29 is 0 Å². The van der Waals surface area contributed by atoms with E-state index in [1.807, 2.05) is 0 Å². The monoisotopic (exact) mass is 326 g/mol. The van der Waals surface area contributed by atoms with Gasteiger partial charge in [0.05, 0.1) is 12.6 Å². The topological polar surface area (TPSA) is 50.1 Å². The summed E-state index contributed by atoms with van der Waals surface area (Å²) in [6.45, 7) is 6.33. The number of rotatable bonds is 5. The average molecular weight is 326 g/mol. The number of aromatic nitrogens is 4. The summed E-state index contributed by atoms with van der Waals surface area (Å²) in [5, 5.41) is 12.5. The van der Waals surface area contributed by atoms with Gasteiger partial charge in [0.1, 0.15) is 0 Å². The Bertz CT molecular complexity index is 626. The predicted molar refractivity (Wildman–Crippen MR) is 92.3 cm³/mol. The lowest BCUT2D eigenvalue weighted by molar-refractivity contribution is 0.118. The van der Waals surface area contributed by atoms with Gasteiger partial charge in [-0.3, -0.25) is 9.80 Å². The largest absolute Gasteiger partial charge is 0.297 e. The number of tetrazole rings is 1. The SMILES string of the molecule is c1ccc(CN2CCN(Cc3nnnn3C3CCCC3)CC2)cc1. The Hall–Kier alpha value is -1.79. The molecule has 6 nitrogen and oxygen atoms in total. The minimum absolute atomic E-state index is 0.523. The molecule has 1 aromatic carbocycles. The second-order valence-electron chi connectivity index (χ2n) is 7.02. The molecule has 0 N–H and O–H groups in total. The molecule has 2 aromatic rings. The standard InChI is InChI=1S/C18H26N6/c1-2-6-16(7-3-1)14-22-10-12-23(13-11-22)15-18-19-20-21-24(18)17-8-4-5-9-17/h1-3,6-7,17H,4-5,8-15H2. The van der Waals surface area contributed by atoms with Crippen LogP contribution in [0.3, 0.4) is 0 Å². The van der Waals surface area contributed by atoms with Crippen molar-refractivity contribution in [1.29, 1.82) is 0 Å². The smallest absolute Gasteiger partial charge is 0.165 e. The molecule has 1 saturated carbocycles. The first kappa shape index (κ1) is 15.7. The first-order valence-electron chi connectivity index (χ1n) is 9.14. The van der Waals surface area contributed by atoms with Crippen LogP contribution in [-0.2, 0) is 13.1 Å². The van der Waals surface area contributed by atoms with Gasteiger partial charge in [0.2, 0.25) is 0 Å². The van der Waals surface area contributed by atoms with Crippen LogP contribution in [0.25, 0.3) is 0 Å². The van der Waals surface area contributed by atoms with Gasteiger partial charge in [-0.2, -0.15) is 0 Å². The average Bonchev–Trinajstić information content (AvgIpc) is 3.29. The van der Waals surface area contributed by atoms with Gasteiger partial charge in [-0.1, -0.05) is 43.2 Å². The highest BCUT2D eigenvalue weighted by molar-refractivity contribution is 5.14. The van der Waals surface area contributed by atoms with Gasteiger partial charge in [0.15, 0.2) is 5.82 Å². The van der Waals surface area contributed by atoms with Crippen molar-refractivity contribution in [2.45, 2.75) is 44.8 Å². The molecule has 6 heteroatoms. The van der Waals surface area contributed by atoms with E-state index in [1.165, 1.54) is 31.2 Å². The van der Waals surface area contributed by atoms with Crippen molar-refractivity contribution in [1.82, 2.24) is 30.0 Å². The predicted octanol–water partition coefficient (Wildman–Crippen LogP) is 2.11. The van der Waals surface area contributed by atoms with Gasteiger partial charge in [-0.15, -0.1) is 5.10 Å². The normalized spacial score (nSPS) is 20.7. The van der Waals surface area contributed by atoms with Crippen molar-refractivity contribution in [3.8, 4) is 0 Å². The molecule has 1 aromatic heterocycles. The third kappa shape index (κ3) is 3.65. The summed E-state index contributed by atoms with van der Waals surface area (Å²) in [5.74, 6) is 1.04. The van der Waals surface area contributed by atoms with Crippen LogP contribution < -0.4 is 0 Å². The molecule has 0 atom stereocenters. The lowest BCUT2D eigenvalue weighted by atomic mass is 10.2. The van der Waals surface area contributed by atoms with Crippen LogP contribution in [0.5, 0.6) is 0 Å². The van der Waals surface area contributed by atoms with Crippen molar-refractivity contribution in [3.63, 3.8) is 0 Å². The van der Waals surface area contributed by atoms with Gasteiger partial charge >= 0.3 is 0 Å². The highest BCUT2D eigenvalue weighted by Gasteiger charge is 2.24. The molecular weight excluding hydrogens is 300 g/mol. The lowest BCUT2D eigenvalue weighted by Gasteiger charge is -2.34. The van der Waals surface area contributed by atoms with Gasteiger partial charge in [-0.05, 0) is 28.8 Å². The third-order valence-electron chi connectivity index (χ3n) is 5.31. The van der Waals surface area contributed by atoms with Crippen molar-refractivity contribution in [2.75, 3.05) is 26.2 Å². The molecule has 2 heterocycles. The molecular formula is C18H26N6. The Balaban J connectivity index is 1.30. The molecule has 0 bridgehead atoms. The third-order valence-corrected chi connectivity index (χ3v) is 5.31. The zero-order valence-corrected chi connectivity index (χ0v) is 14.2. The maximum Gasteiger partial charge on any atom is 0.165 e. The lowest BCUT2D eigenvalue weighted by Crippen LogP contribution is -2.45. The summed E-state index contributed by atoms with van der Waals surface area (Å²) >= 11 is 0. The number of benzene rings is 1. The fourth-order valence-corrected chi connectivity index (χ4v) is 3.90. The van der Waals surface area contributed by atoms with Crippen LogP contribution in [-0.4, -0.2) is 56.2 Å². The van der Waals surface area contributed by atoms with Crippen LogP contribution in [0.1, 0.15) is 43.1 Å². The van der Waals surface area contributed by atoms with Crippen LogP contribution in [0, 0.1) is 0 Å². The van der Waals surface area contributed by atoms with E-state index in [4.69, 9.17) is 0 Å². The number of piperazine rings is 1. The van der Waals surface area contributed by atoms with Gasteiger partial charge in [0, 0.05) is 32.7 Å². The van der Waals surface area contributed by atoms with Crippen LogP contribution >= 0.6 is 0 Å². The molecule has 1 aliphatic heterocycles. The quantitative estimate of drug-likeness (QED) is 0.842. The Kier molecular flexibility index (Phi) is 4.85. The highest BCUT2D eigenvalue weighted by atomic mass is 15.6. The minimum Gasteiger partial charge on any atom is -0.297 e.